The summed E-state index contributed by atoms with van der Waals surface area (Å²) >= 11 is 2.44. The fraction of sp³-hybridized carbons (Fsp3) is 0.194. The van der Waals surface area contributed by atoms with Gasteiger partial charge in [0.2, 0.25) is 11.8 Å². The number of rotatable bonds is 12. The number of hydrogen-bond acceptors (Lipinski definition) is 10. The van der Waals surface area contributed by atoms with E-state index < -0.39 is 22.7 Å². The average Bonchev–Trinajstić information content (AvgIpc) is 3.48. The zero-order valence-corrected chi connectivity index (χ0v) is 29.2. The first-order chi connectivity index (χ1) is 24.5. The Hall–Kier alpha value is -5.80. The fourth-order valence-electron chi connectivity index (χ4n) is 5.23. The molecule has 5 rings (SSSR count). The van der Waals surface area contributed by atoms with Crippen LogP contribution in [-0.2, 0) is 32.1 Å². The van der Waals surface area contributed by atoms with Gasteiger partial charge < -0.3 is 25.6 Å². The monoisotopic (exact) mass is 727 g/mol. The molecular weight excluding hydrogens is 695 g/mol. The minimum Gasteiger partial charge on any atom is -0.462 e. The third-order valence-electron chi connectivity index (χ3n) is 7.66. The second-order valence-corrected chi connectivity index (χ2v) is 13.3. The molecule has 13 nitrogen and oxygen atoms in total. The van der Waals surface area contributed by atoms with Crippen LogP contribution in [0.15, 0.2) is 89.5 Å². The quantitative estimate of drug-likeness (QED) is 0.0529. The van der Waals surface area contributed by atoms with E-state index in [0.717, 1.165) is 10.4 Å². The van der Waals surface area contributed by atoms with Gasteiger partial charge in [-0.25, -0.2) is 4.79 Å². The van der Waals surface area contributed by atoms with Gasteiger partial charge in [-0.3, -0.25) is 29.3 Å². The van der Waals surface area contributed by atoms with E-state index in [1.54, 1.807) is 72.5 Å². The van der Waals surface area contributed by atoms with Crippen molar-refractivity contribution in [3.8, 4) is 0 Å². The van der Waals surface area contributed by atoms with Gasteiger partial charge in [-0.1, -0.05) is 36.4 Å². The highest BCUT2D eigenvalue weighted by atomic mass is 32.2. The normalized spacial score (nSPS) is 12.4. The van der Waals surface area contributed by atoms with Crippen molar-refractivity contribution in [2.24, 2.45) is 0 Å². The van der Waals surface area contributed by atoms with Crippen LogP contribution in [0.1, 0.15) is 50.6 Å². The molecule has 262 valence electrons. The lowest BCUT2D eigenvalue weighted by Gasteiger charge is -2.25. The molecule has 0 spiro atoms. The number of ether oxygens (including phenoxy) is 1. The number of amides is 4. The van der Waals surface area contributed by atoms with Crippen molar-refractivity contribution >= 4 is 75.1 Å². The van der Waals surface area contributed by atoms with Gasteiger partial charge in [0, 0.05) is 40.6 Å². The van der Waals surface area contributed by atoms with Crippen LogP contribution in [0.25, 0.3) is 6.08 Å². The van der Waals surface area contributed by atoms with Crippen LogP contribution < -0.4 is 16.0 Å². The lowest BCUT2D eigenvalue weighted by molar-refractivity contribution is -0.385. The number of nitro benzene ring substituents is 1. The Kier molecular flexibility index (Phi) is 12.0. The third-order valence-corrected chi connectivity index (χ3v) is 9.78. The maximum absolute atomic E-state index is 13.5. The van der Waals surface area contributed by atoms with Crippen molar-refractivity contribution in [3.63, 3.8) is 0 Å². The summed E-state index contributed by atoms with van der Waals surface area (Å²) in [5.41, 5.74) is 1.36. The standard InChI is InChI=1S/C36H33N5O8S2/c1-3-49-36(46)32-27-16-17-40(22(2)42)20-30(27)51-35(32)39-31(43)21-50-26-14-9-13-25(19-26)37-34(45)28(38-33(44)23-10-5-4-6-11-23)18-24-12-7-8-15-29(24)41(47)48/h4-15,18-19H,3,16-17,20-21H2,1-2H3,(H,37,45)(H,38,44)(H,39,43)/b28-18+. The molecule has 0 atom stereocenters. The summed E-state index contributed by atoms with van der Waals surface area (Å²) in [6, 6.07) is 20.7. The Balaban J connectivity index is 1.30. The number of thioether (sulfide) groups is 1. The number of fused-ring (bicyclic) bond motifs is 1. The molecule has 1 aliphatic heterocycles. The van der Waals surface area contributed by atoms with Gasteiger partial charge >= 0.3 is 5.97 Å². The summed E-state index contributed by atoms with van der Waals surface area (Å²) in [7, 11) is 0. The van der Waals surface area contributed by atoms with Crippen molar-refractivity contribution < 1.29 is 33.6 Å². The van der Waals surface area contributed by atoms with Crippen molar-refractivity contribution in [2.75, 3.05) is 29.5 Å². The van der Waals surface area contributed by atoms with Crippen molar-refractivity contribution in [1.29, 1.82) is 0 Å². The van der Waals surface area contributed by atoms with Crippen LogP contribution in [0, 0.1) is 10.1 Å². The smallest absolute Gasteiger partial charge is 0.341 e. The molecule has 51 heavy (non-hydrogen) atoms. The zero-order chi connectivity index (χ0) is 36.5. The molecule has 2 heterocycles. The topological polar surface area (TPSA) is 177 Å². The predicted molar refractivity (Wildman–Crippen MR) is 194 cm³/mol. The molecule has 3 aromatic carbocycles. The first-order valence-corrected chi connectivity index (χ1v) is 17.6. The largest absolute Gasteiger partial charge is 0.462 e. The van der Waals surface area contributed by atoms with E-state index in [1.807, 2.05) is 0 Å². The lowest BCUT2D eigenvalue weighted by atomic mass is 10.0. The van der Waals surface area contributed by atoms with E-state index in [1.165, 1.54) is 54.3 Å². The summed E-state index contributed by atoms with van der Waals surface area (Å²) in [5, 5.41) is 20.1. The predicted octanol–water partition coefficient (Wildman–Crippen LogP) is 5.88. The minimum absolute atomic E-state index is 0.0300. The van der Waals surface area contributed by atoms with Crippen LogP contribution in [0.2, 0.25) is 0 Å². The Labute approximate surface area is 301 Å². The molecule has 4 amide bonds. The van der Waals surface area contributed by atoms with Crippen LogP contribution in [0.3, 0.4) is 0 Å². The van der Waals surface area contributed by atoms with E-state index >= 15 is 0 Å². The molecule has 15 heteroatoms. The molecule has 0 unspecified atom stereocenters. The van der Waals surface area contributed by atoms with Gasteiger partial charge in [-0.2, -0.15) is 0 Å². The van der Waals surface area contributed by atoms with Crippen LogP contribution in [-0.4, -0.2) is 58.3 Å². The molecule has 0 bridgehead atoms. The average molecular weight is 728 g/mol. The summed E-state index contributed by atoms with van der Waals surface area (Å²) < 4.78 is 5.27. The second kappa shape index (κ2) is 16.7. The molecule has 0 radical (unpaired) electrons. The number of carbonyl (C=O) groups excluding carboxylic acids is 5. The van der Waals surface area contributed by atoms with E-state index in [0.29, 0.717) is 40.7 Å². The maximum atomic E-state index is 13.5. The second-order valence-electron chi connectivity index (χ2n) is 11.1. The number of nitro groups is 1. The zero-order valence-electron chi connectivity index (χ0n) is 27.6. The summed E-state index contributed by atoms with van der Waals surface area (Å²) in [6.45, 7) is 4.17. The number of nitrogens with zero attached hydrogens (tertiary/aromatic N) is 2. The summed E-state index contributed by atoms with van der Waals surface area (Å²) in [4.78, 5) is 78.7. The third kappa shape index (κ3) is 9.26. The van der Waals surface area contributed by atoms with Crippen LogP contribution >= 0.6 is 23.1 Å². The van der Waals surface area contributed by atoms with Gasteiger partial charge in [0.1, 0.15) is 10.7 Å². The number of hydrogen-bond donors (Lipinski definition) is 3. The SMILES string of the molecule is CCOC(=O)c1c(NC(=O)CSc2cccc(NC(=O)/C(=C\c3ccccc3[N+](=O)[O-])NC(=O)c3ccccc3)c2)sc2c1CCN(C(C)=O)C2. The number of para-hydroxylation sites is 1. The van der Waals surface area contributed by atoms with Gasteiger partial charge in [-0.15, -0.1) is 23.1 Å². The Morgan fingerprint density at radius 1 is 1.00 bits per heavy atom. The van der Waals surface area contributed by atoms with E-state index in [2.05, 4.69) is 16.0 Å². The molecule has 0 fully saturated rings. The maximum Gasteiger partial charge on any atom is 0.341 e. The van der Waals surface area contributed by atoms with Crippen molar-refractivity contribution in [2.45, 2.75) is 31.7 Å². The summed E-state index contributed by atoms with van der Waals surface area (Å²) in [5.74, 6) is -2.32. The van der Waals surface area contributed by atoms with Crippen molar-refractivity contribution in [1.82, 2.24) is 10.2 Å². The van der Waals surface area contributed by atoms with Crippen molar-refractivity contribution in [3.05, 3.63) is 122 Å². The van der Waals surface area contributed by atoms with Gasteiger partial charge in [0.05, 0.1) is 35.0 Å². The fourth-order valence-corrected chi connectivity index (χ4v) is 7.25. The van der Waals surface area contributed by atoms with E-state index in [4.69, 9.17) is 4.74 Å². The number of benzene rings is 3. The first-order valence-electron chi connectivity index (χ1n) is 15.8. The summed E-state index contributed by atoms with van der Waals surface area (Å²) in [6.07, 6.45) is 1.71. The minimum atomic E-state index is -0.728. The molecule has 0 saturated heterocycles. The Bertz CT molecular complexity index is 2030. The number of thiophene rings is 1. The lowest BCUT2D eigenvalue weighted by Crippen LogP contribution is -2.34. The van der Waals surface area contributed by atoms with Gasteiger partial charge in [0.25, 0.3) is 17.5 Å². The molecule has 3 N–H and O–H groups in total. The Morgan fingerprint density at radius 3 is 2.47 bits per heavy atom. The van der Waals surface area contributed by atoms with Crippen LogP contribution in [0.4, 0.5) is 16.4 Å². The molecular formula is C36H33N5O8S2. The number of anilines is 2. The number of nitrogens with one attached hydrogen (secondary N) is 3. The molecule has 1 aromatic heterocycles. The van der Waals surface area contributed by atoms with Crippen LogP contribution in [0.5, 0.6) is 0 Å². The molecule has 4 aromatic rings. The van der Waals surface area contributed by atoms with E-state index in [9.17, 15) is 34.1 Å². The Morgan fingerprint density at radius 2 is 1.75 bits per heavy atom. The van der Waals surface area contributed by atoms with E-state index in [-0.39, 0.29) is 46.7 Å². The molecule has 1 aliphatic rings. The highest BCUT2D eigenvalue weighted by molar-refractivity contribution is 8.00. The number of carbonyl (C=O) groups is 5. The highest BCUT2D eigenvalue weighted by Crippen LogP contribution is 2.38. The molecule has 0 aliphatic carbocycles. The van der Waals surface area contributed by atoms with Gasteiger partial charge in [-0.05, 0) is 61.4 Å². The first kappa shape index (κ1) is 36.5. The van der Waals surface area contributed by atoms with Gasteiger partial charge in [0.15, 0.2) is 0 Å². The molecule has 0 saturated carbocycles. The highest BCUT2D eigenvalue weighted by Gasteiger charge is 2.30. The number of esters is 1.